The summed E-state index contributed by atoms with van der Waals surface area (Å²) < 4.78 is 2.47. The molecular formula is C42H32N2. The predicted molar refractivity (Wildman–Crippen MR) is 184 cm³/mol. The molecular weight excluding hydrogens is 532 g/mol. The maximum Gasteiger partial charge on any atom is 0.0686 e. The highest BCUT2D eigenvalue weighted by Gasteiger charge is 2.42. The van der Waals surface area contributed by atoms with Crippen LogP contribution in [-0.4, -0.2) is 10.3 Å². The Balaban J connectivity index is 1.32. The van der Waals surface area contributed by atoms with Gasteiger partial charge in [0.1, 0.15) is 0 Å². The summed E-state index contributed by atoms with van der Waals surface area (Å²) in [5.74, 6) is 0. The van der Waals surface area contributed by atoms with Crippen molar-refractivity contribution in [2.75, 3.05) is 0 Å². The van der Waals surface area contributed by atoms with E-state index in [0.717, 1.165) is 17.0 Å². The van der Waals surface area contributed by atoms with Crippen LogP contribution in [0.4, 0.5) is 5.69 Å². The summed E-state index contributed by atoms with van der Waals surface area (Å²) in [5.41, 5.74) is 14.4. The summed E-state index contributed by atoms with van der Waals surface area (Å²) in [5, 5.41) is 2.48. The Morgan fingerprint density at radius 3 is 2.02 bits per heavy atom. The van der Waals surface area contributed by atoms with Gasteiger partial charge in [-0.2, -0.15) is 0 Å². The van der Waals surface area contributed by atoms with E-state index >= 15 is 0 Å². The van der Waals surface area contributed by atoms with E-state index in [1.54, 1.807) is 0 Å². The third-order valence-corrected chi connectivity index (χ3v) is 10.3. The van der Waals surface area contributed by atoms with E-state index in [9.17, 15) is 0 Å². The number of aliphatic imine (C=N–C) groups is 1. The molecule has 0 bridgehead atoms. The molecule has 0 saturated carbocycles. The van der Waals surface area contributed by atoms with Crippen LogP contribution in [0, 0.1) is 0 Å². The monoisotopic (exact) mass is 564 g/mol. The summed E-state index contributed by atoms with van der Waals surface area (Å²) in [6.45, 7) is 7.05. The highest BCUT2D eigenvalue weighted by molar-refractivity contribution is 6.18. The topological polar surface area (TPSA) is 17.3 Å². The fourth-order valence-electron chi connectivity index (χ4n) is 7.98. The second-order valence-electron chi connectivity index (χ2n) is 13.0. The first kappa shape index (κ1) is 25.3. The van der Waals surface area contributed by atoms with Gasteiger partial charge in [0.15, 0.2) is 0 Å². The molecule has 2 aliphatic rings. The van der Waals surface area contributed by atoms with Gasteiger partial charge < -0.3 is 4.57 Å². The van der Waals surface area contributed by atoms with E-state index in [4.69, 9.17) is 4.99 Å². The van der Waals surface area contributed by atoms with Gasteiger partial charge in [-0.25, -0.2) is 0 Å². The molecule has 0 saturated heterocycles. The number of benzene rings is 6. The van der Waals surface area contributed by atoms with Crippen LogP contribution < -0.4 is 0 Å². The van der Waals surface area contributed by atoms with Crippen molar-refractivity contribution < 1.29 is 0 Å². The summed E-state index contributed by atoms with van der Waals surface area (Å²) in [6, 6.07) is 51.0. The lowest BCUT2D eigenvalue weighted by Crippen LogP contribution is -2.31. The summed E-state index contributed by atoms with van der Waals surface area (Å²) >= 11 is 0. The quantitative estimate of drug-likeness (QED) is 0.203. The molecule has 7 aromatic rings. The molecule has 1 aliphatic carbocycles. The van der Waals surface area contributed by atoms with Crippen molar-refractivity contribution in [3.8, 4) is 16.8 Å². The van der Waals surface area contributed by atoms with Gasteiger partial charge in [0.05, 0.1) is 27.8 Å². The first-order valence-electron chi connectivity index (χ1n) is 15.5. The summed E-state index contributed by atoms with van der Waals surface area (Å²) in [4.78, 5) is 5.39. The van der Waals surface area contributed by atoms with Gasteiger partial charge in [-0.3, -0.25) is 4.99 Å². The molecule has 0 spiro atoms. The van der Waals surface area contributed by atoms with Crippen molar-refractivity contribution in [3.05, 3.63) is 167 Å². The zero-order valence-corrected chi connectivity index (χ0v) is 25.2. The standard InChI is InChI=1S/C42H32N2/c1-41(2)34-20-12-10-18-30(34)31-23-22-29(24-35(31)41)44-38-21-13-11-19-32(38)33-25-37-36(26-39(33)44)42(3,28-16-8-5-9-17-28)40(43-37)27-14-6-4-7-15-27/h4-26H,1-3H3. The second-order valence-corrected chi connectivity index (χ2v) is 13.0. The maximum atomic E-state index is 5.39. The van der Waals surface area contributed by atoms with Crippen LogP contribution in [0.25, 0.3) is 38.6 Å². The van der Waals surface area contributed by atoms with Crippen LogP contribution in [0.15, 0.2) is 145 Å². The molecule has 2 heterocycles. The number of rotatable bonds is 3. The Hall–Kier alpha value is -5.21. The first-order valence-corrected chi connectivity index (χ1v) is 15.5. The highest BCUT2D eigenvalue weighted by Crippen LogP contribution is 2.51. The fourth-order valence-corrected chi connectivity index (χ4v) is 7.98. The molecule has 210 valence electrons. The molecule has 2 nitrogen and oxygen atoms in total. The van der Waals surface area contributed by atoms with Crippen molar-refractivity contribution in [2.45, 2.75) is 31.6 Å². The number of para-hydroxylation sites is 1. The zero-order valence-electron chi connectivity index (χ0n) is 25.2. The molecule has 0 amide bonds. The minimum atomic E-state index is -0.394. The van der Waals surface area contributed by atoms with E-state index in [1.807, 2.05) is 0 Å². The van der Waals surface area contributed by atoms with Crippen LogP contribution >= 0.6 is 0 Å². The maximum absolute atomic E-state index is 5.39. The van der Waals surface area contributed by atoms with Gasteiger partial charge in [0.2, 0.25) is 0 Å². The minimum absolute atomic E-state index is 0.0632. The average molecular weight is 565 g/mol. The van der Waals surface area contributed by atoms with E-state index < -0.39 is 5.41 Å². The third kappa shape index (κ3) is 3.28. The van der Waals surface area contributed by atoms with Crippen molar-refractivity contribution in [2.24, 2.45) is 4.99 Å². The second kappa shape index (κ2) is 8.90. The average Bonchev–Trinajstić information content (AvgIpc) is 3.64. The van der Waals surface area contributed by atoms with Gasteiger partial charge in [0.25, 0.3) is 0 Å². The molecule has 0 N–H and O–H groups in total. The van der Waals surface area contributed by atoms with E-state index in [1.165, 1.54) is 60.9 Å². The SMILES string of the molecule is CC1(C)c2ccccc2-c2ccc(-n3c4ccccc4c4cc5c(cc43)C(C)(c3ccccc3)C(c3ccccc3)=N5)cc21. The molecule has 0 radical (unpaired) electrons. The molecule has 1 atom stereocenters. The largest absolute Gasteiger partial charge is 0.309 e. The van der Waals surface area contributed by atoms with Crippen LogP contribution in [0.5, 0.6) is 0 Å². The molecule has 0 fully saturated rings. The summed E-state index contributed by atoms with van der Waals surface area (Å²) in [7, 11) is 0. The van der Waals surface area contributed by atoms with Crippen molar-refractivity contribution in [1.82, 2.24) is 4.57 Å². The van der Waals surface area contributed by atoms with Crippen LogP contribution in [0.2, 0.25) is 0 Å². The first-order chi connectivity index (χ1) is 21.5. The Kier molecular flexibility index (Phi) is 5.12. The lowest BCUT2D eigenvalue weighted by molar-refractivity contribution is 0.660. The fraction of sp³-hybridized carbons (Fsp3) is 0.119. The lowest BCUT2D eigenvalue weighted by atomic mass is 9.71. The van der Waals surface area contributed by atoms with Crippen LogP contribution in [-0.2, 0) is 10.8 Å². The number of hydrogen-bond donors (Lipinski definition) is 0. The zero-order chi connectivity index (χ0) is 29.6. The van der Waals surface area contributed by atoms with Crippen LogP contribution in [0.3, 0.4) is 0 Å². The Bertz CT molecular complexity index is 2300. The number of fused-ring (bicyclic) bond motifs is 7. The smallest absolute Gasteiger partial charge is 0.0686 e. The lowest BCUT2D eigenvalue weighted by Gasteiger charge is -2.29. The van der Waals surface area contributed by atoms with Crippen molar-refractivity contribution in [1.29, 1.82) is 0 Å². The molecule has 1 aliphatic heterocycles. The highest BCUT2D eigenvalue weighted by atomic mass is 15.0. The summed E-state index contributed by atoms with van der Waals surface area (Å²) in [6.07, 6.45) is 0. The van der Waals surface area contributed by atoms with Crippen LogP contribution in [0.1, 0.15) is 48.6 Å². The molecule has 1 unspecified atom stereocenters. The van der Waals surface area contributed by atoms with E-state index in [0.29, 0.717) is 0 Å². The Labute approximate surface area is 258 Å². The van der Waals surface area contributed by atoms with Gasteiger partial charge in [-0.15, -0.1) is 0 Å². The molecule has 9 rings (SSSR count). The van der Waals surface area contributed by atoms with E-state index in [2.05, 4.69) is 165 Å². The van der Waals surface area contributed by atoms with Crippen molar-refractivity contribution >= 4 is 33.2 Å². The Morgan fingerprint density at radius 2 is 1.20 bits per heavy atom. The van der Waals surface area contributed by atoms with Gasteiger partial charge in [-0.1, -0.05) is 123 Å². The molecule has 2 heteroatoms. The van der Waals surface area contributed by atoms with Gasteiger partial charge in [-0.05, 0) is 76.2 Å². The number of nitrogens with zero attached hydrogens (tertiary/aromatic N) is 2. The number of hydrogen-bond acceptors (Lipinski definition) is 1. The van der Waals surface area contributed by atoms with Gasteiger partial charge >= 0.3 is 0 Å². The normalized spacial score (nSPS) is 17.8. The number of aromatic nitrogens is 1. The van der Waals surface area contributed by atoms with E-state index in [-0.39, 0.29) is 5.41 Å². The molecule has 44 heavy (non-hydrogen) atoms. The predicted octanol–water partition coefficient (Wildman–Crippen LogP) is 10.5. The minimum Gasteiger partial charge on any atom is -0.309 e. The third-order valence-electron chi connectivity index (χ3n) is 10.3. The van der Waals surface area contributed by atoms with Crippen molar-refractivity contribution in [3.63, 3.8) is 0 Å². The van der Waals surface area contributed by atoms with Gasteiger partial charge in [0, 0.05) is 21.9 Å². The molecule has 1 aromatic heterocycles. The Morgan fingerprint density at radius 1 is 0.523 bits per heavy atom. The molecule has 6 aromatic carbocycles.